The number of anilines is 1. The van der Waals surface area contributed by atoms with Crippen LogP contribution in [0.4, 0.5) is 10.8 Å². The smallest absolute Gasteiger partial charge is 0.269 e. The van der Waals surface area contributed by atoms with Crippen LogP contribution in [0, 0.1) is 10.1 Å². The van der Waals surface area contributed by atoms with Crippen LogP contribution in [0.3, 0.4) is 0 Å². The Kier molecular flexibility index (Phi) is 6.94. The number of non-ortho nitro benzene ring substituents is 1. The van der Waals surface area contributed by atoms with Gasteiger partial charge >= 0.3 is 0 Å². The van der Waals surface area contributed by atoms with Crippen LogP contribution >= 0.6 is 23.7 Å². The van der Waals surface area contributed by atoms with E-state index < -0.39 is 4.92 Å². The van der Waals surface area contributed by atoms with Crippen molar-refractivity contribution in [1.29, 1.82) is 0 Å². The van der Waals surface area contributed by atoms with Gasteiger partial charge in [-0.25, -0.2) is 4.98 Å². The lowest BCUT2D eigenvalue weighted by Crippen LogP contribution is -2.33. The highest BCUT2D eigenvalue weighted by Gasteiger charge is 2.23. The number of ether oxygens (including phenoxy) is 2. The Labute approximate surface area is 188 Å². The average Bonchev–Trinajstić information content (AvgIpc) is 3.34. The molecule has 0 unspecified atom stereocenters. The first-order chi connectivity index (χ1) is 14.4. The number of rotatable bonds is 7. The molecule has 9 nitrogen and oxygen atoms in total. The van der Waals surface area contributed by atoms with Crippen LogP contribution in [-0.2, 0) is 0 Å². The van der Waals surface area contributed by atoms with Gasteiger partial charge in [-0.15, -0.1) is 12.4 Å². The fourth-order valence-corrected chi connectivity index (χ4v) is 4.13. The highest BCUT2D eigenvalue weighted by atomic mass is 35.5. The number of nitro groups is 1. The number of nitrogens with zero attached hydrogens (tertiary/aromatic N) is 4. The lowest BCUT2D eigenvalue weighted by Gasteiger charge is -2.21. The normalized spacial score (nSPS) is 12.1. The van der Waals surface area contributed by atoms with E-state index in [1.54, 1.807) is 4.90 Å². The number of hydrogen-bond acceptors (Lipinski definition) is 8. The van der Waals surface area contributed by atoms with E-state index in [1.165, 1.54) is 35.6 Å². The molecular formula is C20H21ClN4O5S. The van der Waals surface area contributed by atoms with E-state index in [-0.39, 0.29) is 30.8 Å². The van der Waals surface area contributed by atoms with Crippen LogP contribution < -0.4 is 14.4 Å². The van der Waals surface area contributed by atoms with Crippen molar-refractivity contribution in [2.75, 3.05) is 38.9 Å². The molecule has 0 saturated carbocycles. The molecule has 0 atom stereocenters. The van der Waals surface area contributed by atoms with E-state index in [2.05, 4.69) is 4.98 Å². The number of thiazole rings is 1. The van der Waals surface area contributed by atoms with Crippen molar-refractivity contribution in [3.63, 3.8) is 0 Å². The molecule has 1 amide bonds. The highest BCUT2D eigenvalue weighted by molar-refractivity contribution is 7.22. The van der Waals surface area contributed by atoms with Gasteiger partial charge in [-0.05, 0) is 39.2 Å². The van der Waals surface area contributed by atoms with Crippen LogP contribution in [0.25, 0.3) is 10.2 Å². The summed E-state index contributed by atoms with van der Waals surface area (Å²) in [6, 6.07) is 9.30. The molecule has 0 radical (unpaired) electrons. The number of benzene rings is 2. The first kappa shape index (κ1) is 22.7. The number of hydrogen-bond donors (Lipinski definition) is 0. The van der Waals surface area contributed by atoms with Crippen molar-refractivity contribution in [3.05, 3.63) is 52.1 Å². The molecule has 0 bridgehead atoms. The van der Waals surface area contributed by atoms with Gasteiger partial charge in [-0.1, -0.05) is 11.3 Å². The van der Waals surface area contributed by atoms with Crippen molar-refractivity contribution in [2.45, 2.75) is 6.42 Å². The maximum absolute atomic E-state index is 13.2. The van der Waals surface area contributed by atoms with Gasteiger partial charge in [0, 0.05) is 36.4 Å². The summed E-state index contributed by atoms with van der Waals surface area (Å²) in [4.78, 5) is 32.0. The average molecular weight is 465 g/mol. The quantitative estimate of drug-likeness (QED) is 0.385. The highest BCUT2D eigenvalue weighted by Crippen LogP contribution is 2.40. The molecule has 2 aromatic carbocycles. The Morgan fingerprint density at radius 1 is 1.16 bits per heavy atom. The molecule has 1 aliphatic heterocycles. The largest absolute Gasteiger partial charge is 0.454 e. The molecule has 2 heterocycles. The summed E-state index contributed by atoms with van der Waals surface area (Å²) in [6.07, 6.45) is 0.754. The predicted octanol–water partition coefficient (Wildman–Crippen LogP) is 3.95. The summed E-state index contributed by atoms with van der Waals surface area (Å²) < 4.78 is 11.7. The number of aromatic nitrogens is 1. The van der Waals surface area contributed by atoms with Gasteiger partial charge in [0.1, 0.15) is 0 Å². The van der Waals surface area contributed by atoms with E-state index in [0.717, 1.165) is 23.2 Å². The summed E-state index contributed by atoms with van der Waals surface area (Å²) in [6.45, 7) is 1.47. The van der Waals surface area contributed by atoms with Crippen LogP contribution in [0.2, 0.25) is 0 Å². The first-order valence-corrected chi connectivity index (χ1v) is 10.2. The lowest BCUT2D eigenvalue weighted by atomic mass is 10.2. The fourth-order valence-electron chi connectivity index (χ4n) is 3.13. The molecule has 3 aromatic rings. The number of carbonyl (C=O) groups excluding carboxylic acids is 1. The second-order valence-electron chi connectivity index (χ2n) is 7.09. The molecule has 0 saturated heterocycles. The Morgan fingerprint density at radius 3 is 2.48 bits per heavy atom. The molecule has 1 aromatic heterocycles. The van der Waals surface area contributed by atoms with Gasteiger partial charge in [0.25, 0.3) is 11.6 Å². The van der Waals surface area contributed by atoms with Crippen LogP contribution in [-0.4, -0.2) is 54.7 Å². The third-order valence-corrected chi connectivity index (χ3v) is 5.70. The van der Waals surface area contributed by atoms with Crippen molar-refractivity contribution < 1.29 is 19.2 Å². The number of nitro benzene ring substituents is 1. The molecule has 11 heteroatoms. The van der Waals surface area contributed by atoms with Gasteiger partial charge in [0.05, 0.1) is 15.1 Å². The van der Waals surface area contributed by atoms with Crippen molar-refractivity contribution in [3.8, 4) is 11.5 Å². The predicted molar refractivity (Wildman–Crippen MR) is 121 cm³/mol. The number of fused-ring (bicyclic) bond motifs is 2. The standard InChI is InChI=1S/C20H20N4O5S.ClH/c1-22(2)8-3-9-23(19(25)13-4-6-14(7-5-13)24(26)27)20-21-15-10-16-17(29-12-28-16)11-18(15)30-20;/h4-7,10-11H,3,8-9,12H2,1-2H3;1H. The number of carbonyl (C=O) groups is 1. The maximum atomic E-state index is 13.2. The Morgan fingerprint density at radius 2 is 1.84 bits per heavy atom. The SMILES string of the molecule is CN(C)CCCN(C(=O)c1ccc([N+](=O)[O-])cc1)c1nc2cc3c(cc2s1)OCO3.Cl. The van der Waals surface area contributed by atoms with Gasteiger partial charge in [-0.2, -0.15) is 0 Å². The molecule has 164 valence electrons. The summed E-state index contributed by atoms with van der Waals surface area (Å²) in [5.41, 5.74) is 1.05. The van der Waals surface area contributed by atoms with Gasteiger partial charge in [-0.3, -0.25) is 19.8 Å². The van der Waals surface area contributed by atoms with Crippen LogP contribution in [0.15, 0.2) is 36.4 Å². The minimum Gasteiger partial charge on any atom is -0.454 e. The summed E-state index contributed by atoms with van der Waals surface area (Å²) in [5, 5.41) is 11.5. The monoisotopic (exact) mass is 464 g/mol. The van der Waals surface area contributed by atoms with Crippen LogP contribution in [0.5, 0.6) is 11.5 Å². The molecule has 0 N–H and O–H groups in total. The van der Waals surface area contributed by atoms with E-state index in [4.69, 9.17) is 9.47 Å². The Hall–Kier alpha value is -2.95. The van der Waals surface area contributed by atoms with Crippen molar-refractivity contribution in [1.82, 2.24) is 9.88 Å². The Bertz CT molecular complexity index is 1060. The maximum Gasteiger partial charge on any atom is 0.269 e. The zero-order valence-corrected chi connectivity index (χ0v) is 18.6. The summed E-state index contributed by atoms with van der Waals surface area (Å²) >= 11 is 1.40. The minimum atomic E-state index is -0.486. The van der Waals surface area contributed by atoms with Gasteiger partial charge in [0.2, 0.25) is 6.79 Å². The van der Waals surface area contributed by atoms with Crippen molar-refractivity contribution in [2.24, 2.45) is 0 Å². The van der Waals surface area contributed by atoms with Gasteiger partial charge < -0.3 is 14.4 Å². The van der Waals surface area contributed by atoms with E-state index >= 15 is 0 Å². The Balaban J connectivity index is 0.00000272. The van der Waals surface area contributed by atoms with Gasteiger partial charge in [0.15, 0.2) is 16.6 Å². The molecular weight excluding hydrogens is 444 g/mol. The zero-order valence-electron chi connectivity index (χ0n) is 16.9. The number of amides is 1. The molecule has 4 rings (SSSR count). The molecule has 0 spiro atoms. The van der Waals surface area contributed by atoms with E-state index in [0.29, 0.717) is 28.7 Å². The lowest BCUT2D eigenvalue weighted by molar-refractivity contribution is -0.384. The number of halogens is 1. The third kappa shape index (κ3) is 4.87. The summed E-state index contributed by atoms with van der Waals surface area (Å²) in [7, 11) is 3.95. The van der Waals surface area contributed by atoms with E-state index in [1.807, 2.05) is 31.1 Å². The molecule has 31 heavy (non-hydrogen) atoms. The van der Waals surface area contributed by atoms with E-state index in [9.17, 15) is 14.9 Å². The van der Waals surface area contributed by atoms with Crippen molar-refractivity contribution >= 4 is 50.7 Å². The second-order valence-corrected chi connectivity index (χ2v) is 8.10. The fraction of sp³-hybridized carbons (Fsp3) is 0.300. The molecule has 1 aliphatic rings. The zero-order chi connectivity index (χ0) is 21.3. The topological polar surface area (TPSA) is 98.0 Å². The second kappa shape index (κ2) is 9.46. The minimum absolute atomic E-state index is 0. The first-order valence-electron chi connectivity index (χ1n) is 9.33. The summed E-state index contributed by atoms with van der Waals surface area (Å²) in [5.74, 6) is 1.06. The van der Waals surface area contributed by atoms with Crippen LogP contribution in [0.1, 0.15) is 16.8 Å². The molecule has 0 fully saturated rings. The molecule has 0 aliphatic carbocycles. The third-order valence-electron chi connectivity index (χ3n) is 4.66.